The average molecular weight is 471 g/mol. The minimum Gasteiger partial charge on any atom is -0.487 e. The number of fused-ring (bicyclic) bond motifs is 1. The molecule has 0 bridgehead atoms. The van der Waals surface area contributed by atoms with Gasteiger partial charge in [-0.1, -0.05) is 24.3 Å². The lowest BCUT2D eigenvalue weighted by molar-refractivity contribution is -0.114. The van der Waals surface area contributed by atoms with Crippen molar-refractivity contribution in [2.45, 2.75) is 6.92 Å². The summed E-state index contributed by atoms with van der Waals surface area (Å²) in [7, 11) is -3.63. The van der Waals surface area contributed by atoms with Gasteiger partial charge in [-0.2, -0.15) is 23.5 Å². The van der Waals surface area contributed by atoms with Gasteiger partial charge in [0.1, 0.15) is 23.1 Å². The van der Waals surface area contributed by atoms with Gasteiger partial charge in [0.2, 0.25) is 5.17 Å². The van der Waals surface area contributed by atoms with Gasteiger partial charge in [-0.15, -0.1) is 0 Å². The monoisotopic (exact) mass is 470 g/mol. The lowest BCUT2D eigenvalue weighted by Crippen LogP contribution is -2.35. The van der Waals surface area contributed by atoms with Crippen LogP contribution in [0.2, 0.25) is 0 Å². The summed E-state index contributed by atoms with van der Waals surface area (Å²) in [5.41, 5.74) is 1.72. The van der Waals surface area contributed by atoms with E-state index in [9.17, 15) is 13.2 Å². The average Bonchev–Trinajstić information content (AvgIpc) is 3.13. The van der Waals surface area contributed by atoms with Crippen LogP contribution in [0.15, 0.2) is 64.2 Å². The second-order valence-corrected chi connectivity index (χ2v) is 9.59. The molecular weight excluding hydrogens is 452 g/mol. The molecule has 11 heteroatoms. The fourth-order valence-corrected chi connectivity index (χ4v) is 4.16. The van der Waals surface area contributed by atoms with E-state index in [1.165, 1.54) is 35.0 Å². The summed E-state index contributed by atoms with van der Waals surface area (Å²) >= 11 is 1.18. The fraction of sp³-hybridized carbons (Fsp3) is 0.143. The number of rotatable bonds is 6. The van der Waals surface area contributed by atoms with Crippen molar-refractivity contribution in [3.05, 3.63) is 65.2 Å². The summed E-state index contributed by atoms with van der Waals surface area (Å²) < 4.78 is 33.0. The third kappa shape index (κ3) is 5.06. The van der Waals surface area contributed by atoms with Crippen molar-refractivity contribution in [3.63, 3.8) is 0 Å². The summed E-state index contributed by atoms with van der Waals surface area (Å²) in [6.07, 6.45) is 2.45. The third-order valence-corrected chi connectivity index (χ3v) is 5.66. The second-order valence-electron chi connectivity index (χ2n) is 6.98. The molecule has 0 saturated heterocycles. The first-order valence-corrected chi connectivity index (χ1v) is 12.0. The highest BCUT2D eigenvalue weighted by Crippen LogP contribution is 2.29. The molecule has 32 heavy (non-hydrogen) atoms. The second kappa shape index (κ2) is 8.60. The Balaban J connectivity index is 1.49. The van der Waals surface area contributed by atoms with Gasteiger partial charge in [0, 0.05) is 0 Å². The maximum Gasteiger partial charge on any atom is 0.306 e. The Morgan fingerprint density at radius 3 is 2.59 bits per heavy atom. The summed E-state index contributed by atoms with van der Waals surface area (Å²) in [5, 5.41) is 15.0. The first kappa shape index (κ1) is 21.8. The zero-order valence-electron chi connectivity index (χ0n) is 17.1. The Morgan fingerprint density at radius 2 is 1.91 bits per heavy atom. The molecule has 2 aromatic carbocycles. The van der Waals surface area contributed by atoms with Crippen LogP contribution in [0.1, 0.15) is 11.1 Å². The number of hydrogen-bond acceptors (Lipinski definition) is 8. The van der Waals surface area contributed by atoms with Crippen LogP contribution in [-0.2, 0) is 14.9 Å². The number of thioether (sulfide) groups is 1. The smallest absolute Gasteiger partial charge is 0.306 e. The molecule has 1 N–H and O–H groups in total. The van der Waals surface area contributed by atoms with Crippen molar-refractivity contribution in [2.75, 3.05) is 12.9 Å². The highest BCUT2D eigenvalue weighted by atomic mass is 32.2. The van der Waals surface area contributed by atoms with Gasteiger partial charge >= 0.3 is 10.1 Å². The minimum absolute atomic E-state index is 0.0655. The van der Waals surface area contributed by atoms with Crippen molar-refractivity contribution in [1.82, 2.24) is 5.01 Å². The first-order chi connectivity index (χ1) is 15.2. The molecule has 1 amide bonds. The molecular formula is C21H18N4O5S2. The summed E-state index contributed by atoms with van der Waals surface area (Å²) in [6, 6.07) is 13.7. The maximum atomic E-state index is 12.5. The molecule has 0 atom stereocenters. The van der Waals surface area contributed by atoms with Crippen molar-refractivity contribution in [2.24, 2.45) is 10.1 Å². The highest BCUT2D eigenvalue weighted by Gasteiger charge is 2.35. The van der Waals surface area contributed by atoms with E-state index in [-0.39, 0.29) is 23.8 Å². The molecule has 0 radical (unpaired) electrons. The Kier molecular flexibility index (Phi) is 5.85. The number of amides is 1. The van der Waals surface area contributed by atoms with E-state index < -0.39 is 16.0 Å². The number of amidine groups is 2. The Labute approximate surface area is 189 Å². The zero-order valence-corrected chi connectivity index (χ0v) is 18.7. The van der Waals surface area contributed by atoms with E-state index in [0.29, 0.717) is 21.5 Å². The molecule has 2 heterocycles. The molecule has 0 aliphatic carbocycles. The Morgan fingerprint density at radius 1 is 1.16 bits per heavy atom. The van der Waals surface area contributed by atoms with Gasteiger partial charge < -0.3 is 8.92 Å². The lowest BCUT2D eigenvalue weighted by atomic mass is 10.1. The Bertz CT molecular complexity index is 1300. The maximum absolute atomic E-state index is 12.5. The molecule has 4 rings (SSSR count). The van der Waals surface area contributed by atoms with Crippen molar-refractivity contribution >= 4 is 49.9 Å². The summed E-state index contributed by atoms with van der Waals surface area (Å²) in [5.74, 6) is 0.199. The quantitative estimate of drug-likeness (QED) is 0.509. The number of carbonyl (C=O) groups excluding carboxylic acids is 1. The number of aryl methyl sites for hydroxylation is 1. The number of nitrogens with zero attached hydrogens (tertiary/aromatic N) is 3. The van der Waals surface area contributed by atoms with E-state index in [1.807, 2.05) is 31.2 Å². The van der Waals surface area contributed by atoms with E-state index in [0.717, 1.165) is 11.8 Å². The standard InChI is InChI=1S/C21H18N4O5S2/c1-13-4-3-5-16(10-13)29-12-18-24-25-19(22)17(20(26)23-21(25)31-18)11-14-6-8-15(9-7-14)30-32(2,27)28/h3-11,22H,12H2,1-2H3/b17-11+,22-19?. The number of nitrogens with one attached hydrogen (secondary N) is 1. The van der Waals surface area contributed by atoms with Crippen molar-refractivity contribution < 1.29 is 22.1 Å². The van der Waals surface area contributed by atoms with Crippen LogP contribution < -0.4 is 8.92 Å². The number of hydrogen-bond donors (Lipinski definition) is 1. The van der Waals surface area contributed by atoms with Gasteiger partial charge in [0.25, 0.3) is 5.91 Å². The molecule has 0 spiro atoms. The summed E-state index contributed by atoms with van der Waals surface area (Å²) in [4.78, 5) is 16.5. The number of aliphatic imine (C=N–C) groups is 1. The number of benzene rings is 2. The van der Waals surface area contributed by atoms with Gasteiger partial charge in [-0.3, -0.25) is 10.2 Å². The van der Waals surface area contributed by atoms with Crippen LogP contribution in [0.3, 0.4) is 0 Å². The van der Waals surface area contributed by atoms with Crippen LogP contribution in [0, 0.1) is 12.3 Å². The topological polar surface area (TPSA) is 121 Å². The van der Waals surface area contributed by atoms with Gasteiger partial charge in [-0.25, -0.2) is 0 Å². The van der Waals surface area contributed by atoms with Gasteiger partial charge in [0.15, 0.2) is 5.84 Å². The molecule has 9 nitrogen and oxygen atoms in total. The minimum atomic E-state index is -3.63. The SMILES string of the molecule is Cc1cccc(OCC2=NN3C(=N)/C(=C\c4ccc(OS(C)(=O)=O)cc4)C(=O)N=C3S2)c1. The number of hydrazone groups is 1. The molecule has 164 valence electrons. The van der Waals surface area contributed by atoms with Crippen LogP contribution in [0.5, 0.6) is 11.5 Å². The van der Waals surface area contributed by atoms with Crippen molar-refractivity contribution in [1.29, 1.82) is 5.41 Å². The third-order valence-electron chi connectivity index (χ3n) is 4.29. The molecule has 0 saturated carbocycles. The van der Waals surface area contributed by atoms with Crippen molar-refractivity contribution in [3.8, 4) is 11.5 Å². The largest absolute Gasteiger partial charge is 0.487 e. The molecule has 2 aliphatic heterocycles. The number of ether oxygens (including phenoxy) is 1. The number of carbonyl (C=O) groups is 1. The van der Waals surface area contributed by atoms with Crippen LogP contribution in [-0.4, -0.2) is 48.2 Å². The zero-order chi connectivity index (χ0) is 22.9. The molecule has 0 unspecified atom stereocenters. The lowest BCUT2D eigenvalue weighted by Gasteiger charge is -2.20. The van der Waals surface area contributed by atoms with E-state index in [2.05, 4.69) is 10.1 Å². The summed E-state index contributed by atoms with van der Waals surface area (Å²) in [6.45, 7) is 2.16. The molecule has 2 aliphatic rings. The van der Waals surface area contributed by atoms with E-state index in [4.69, 9.17) is 14.3 Å². The normalized spacial score (nSPS) is 17.2. The highest BCUT2D eigenvalue weighted by molar-refractivity contribution is 8.27. The first-order valence-electron chi connectivity index (χ1n) is 9.36. The van der Waals surface area contributed by atoms with E-state index >= 15 is 0 Å². The molecule has 0 fully saturated rings. The van der Waals surface area contributed by atoms with Gasteiger partial charge in [-0.05, 0) is 60.2 Å². The predicted molar refractivity (Wildman–Crippen MR) is 124 cm³/mol. The van der Waals surface area contributed by atoms with Gasteiger partial charge in [0.05, 0.1) is 11.8 Å². The van der Waals surface area contributed by atoms with Crippen LogP contribution in [0.4, 0.5) is 0 Å². The Hall–Kier alpha value is -3.44. The fourth-order valence-electron chi connectivity index (χ4n) is 2.90. The van der Waals surface area contributed by atoms with Crippen LogP contribution in [0.25, 0.3) is 6.08 Å². The van der Waals surface area contributed by atoms with E-state index in [1.54, 1.807) is 12.1 Å². The predicted octanol–water partition coefficient (Wildman–Crippen LogP) is 3.03. The van der Waals surface area contributed by atoms with Crippen LogP contribution >= 0.6 is 11.8 Å². The molecule has 2 aromatic rings. The molecule has 0 aromatic heterocycles.